The van der Waals surface area contributed by atoms with Gasteiger partial charge in [0.05, 0.1) is 4.92 Å². The summed E-state index contributed by atoms with van der Waals surface area (Å²) in [5.41, 5.74) is 2.00. The molecule has 0 aliphatic carbocycles. The number of nitro benzene ring substituents is 1. The molecule has 0 aromatic heterocycles. The number of benzene rings is 2. The number of ether oxygens (including phenoxy) is 2. The molecule has 0 fully saturated rings. The van der Waals surface area contributed by atoms with Crippen LogP contribution >= 0.6 is 0 Å². The van der Waals surface area contributed by atoms with Gasteiger partial charge in [-0.1, -0.05) is 29.8 Å². The monoisotopic (exact) mass is 301 g/mol. The number of esters is 1. The molecule has 0 heterocycles. The van der Waals surface area contributed by atoms with E-state index in [0.717, 1.165) is 11.1 Å². The smallest absolute Gasteiger partial charge is 0.344 e. The van der Waals surface area contributed by atoms with Crippen LogP contribution in [0.15, 0.2) is 48.5 Å². The molecule has 0 saturated heterocycles. The first kappa shape index (κ1) is 15.5. The summed E-state index contributed by atoms with van der Waals surface area (Å²) in [4.78, 5) is 21.6. The number of non-ortho nitro benzene ring substituents is 1. The summed E-state index contributed by atoms with van der Waals surface area (Å²) in [6.45, 7) is 1.92. The minimum absolute atomic E-state index is 0.0331. The van der Waals surface area contributed by atoms with E-state index in [2.05, 4.69) is 0 Å². The van der Waals surface area contributed by atoms with Crippen LogP contribution in [0.2, 0.25) is 0 Å². The van der Waals surface area contributed by atoms with E-state index >= 15 is 0 Å². The molecule has 0 amide bonds. The summed E-state index contributed by atoms with van der Waals surface area (Å²) in [5.74, 6) is -0.128. The second-order valence-electron chi connectivity index (χ2n) is 4.69. The Morgan fingerprint density at radius 3 is 2.32 bits per heavy atom. The molecule has 0 unspecified atom stereocenters. The molecule has 114 valence electrons. The zero-order valence-corrected chi connectivity index (χ0v) is 12.0. The van der Waals surface area contributed by atoms with Crippen LogP contribution in [0.3, 0.4) is 0 Å². The Labute approximate surface area is 127 Å². The van der Waals surface area contributed by atoms with Crippen molar-refractivity contribution in [1.82, 2.24) is 0 Å². The highest BCUT2D eigenvalue weighted by Gasteiger charge is 2.07. The highest BCUT2D eigenvalue weighted by molar-refractivity contribution is 5.71. The number of rotatable bonds is 6. The van der Waals surface area contributed by atoms with Crippen LogP contribution in [-0.2, 0) is 16.1 Å². The third-order valence-corrected chi connectivity index (χ3v) is 2.92. The predicted molar refractivity (Wildman–Crippen MR) is 79.6 cm³/mol. The fraction of sp³-hybridized carbons (Fsp3) is 0.188. The molecule has 0 radical (unpaired) electrons. The van der Waals surface area contributed by atoms with Gasteiger partial charge in [0.1, 0.15) is 12.4 Å². The second-order valence-corrected chi connectivity index (χ2v) is 4.69. The maximum Gasteiger partial charge on any atom is 0.344 e. The van der Waals surface area contributed by atoms with E-state index in [1.54, 1.807) is 0 Å². The Morgan fingerprint density at radius 2 is 1.73 bits per heavy atom. The number of carbonyl (C=O) groups is 1. The lowest BCUT2D eigenvalue weighted by Crippen LogP contribution is -2.14. The van der Waals surface area contributed by atoms with Gasteiger partial charge >= 0.3 is 5.97 Å². The van der Waals surface area contributed by atoms with E-state index in [-0.39, 0.29) is 18.9 Å². The number of nitro groups is 1. The Balaban J connectivity index is 1.77. The fourth-order valence-electron chi connectivity index (χ4n) is 1.70. The number of nitrogens with zero attached hydrogens (tertiary/aromatic N) is 1. The lowest BCUT2D eigenvalue weighted by molar-refractivity contribution is -0.384. The van der Waals surface area contributed by atoms with Gasteiger partial charge in [-0.25, -0.2) is 4.79 Å². The van der Waals surface area contributed by atoms with Crippen molar-refractivity contribution < 1.29 is 19.2 Å². The van der Waals surface area contributed by atoms with Gasteiger partial charge in [0.2, 0.25) is 0 Å². The molecule has 22 heavy (non-hydrogen) atoms. The maximum atomic E-state index is 11.6. The SMILES string of the molecule is Cc1ccc(COC(=O)COc2ccc([N+](=O)[O-])cc2)cc1. The highest BCUT2D eigenvalue weighted by atomic mass is 16.6. The van der Waals surface area contributed by atoms with Crippen molar-refractivity contribution in [2.45, 2.75) is 13.5 Å². The molecule has 0 aliphatic rings. The molecular formula is C16H15NO5. The van der Waals surface area contributed by atoms with Crippen LogP contribution in [0, 0.1) is 17.0 Å². The lowest BCUT2D eigenvalue weighted by Gasteiger charge is -2.07. The van der Waals surface area contributed by atoms with E-state index in [1.165, 1.54) is 24.3 Å². The average molecular weight is 301 g/mol. The molecule has 0 bridgehead atoms. The van der Waals surface area contributed by atoms with Crippen LogP contribution in [0.1, 0.15) is 11.1 Å². The Hall–Kier alpha value is -2.89. The van der Waals surface area contributed by atoms with Gasteiger partial charge in [-0.05, 0) is 24.6 Å². The third-order valence-electron chi connectivity index (χ3n) is 2.92. The largest absolute Gasteiger partial charge is 0.482 e. The molecule has 0 aliphatic heterocycles. The van der Waals surface area contributed by atoms with Gasteiger partial charge < -0.3 is 9.47 Å². The zero-order chi connectivity index (χ0) is 15.9. The van der Waals surface area contributed by atoms with E-state index < -0.39 is 10.9 Å². The van der Waals surface area contributed by atoms with Gasteiger partial charge in [-0.15, -0.1) is 0 Å². The van der Waals surface area contributed by atoms with Crippen LogP contribution in [-0.4, -0.2) is 17.5 Å². The summed E-state index contributed by atoms with van der Waals surface area (Å²) in [5, 5.41) is 10.5. The van der Waals surface area contributed by atoms with E-state index in [0.29, 0.717) is 5.75 Å². The van der Waals surface area contributed by atoms with Crippen LogP contribution in [0.25, 0.3) is 0 Å². The standard InChI is InChI=1S/C16H15NO5/c1-12-2-4-13(5-3-12)10-22-16(18)11-21-15-8-6-14(7-9-15)17(19)20/h2-9H,10-11H2,1H3. The molecular weight excluding hydrogens is 286 g/mol. The normalized spacial score (nSPS) is 10.0. The van der Waals surface area contributed by atoms with Gasteiger partial charge in [-0.2, -0.15) is 0 Å². The first-order chi connectivity index (χ1) is 10.5. The molecule has 2 aromatic rings. The number of hydrogen-bond acceptors (Lipinski definition) is 5. The summed E-state index contributed by atoms with van der Waals surface area (Å²) in [7, 11) is 0. The third kappa shape index (κ3) is 4.59. The van der Waals surface area contributed by atoms with Crippen molar-refractivity contribution in [3.8, 4) is 5.75 Å². The van der Waals surface area contributed by atoms with Crippen LogP contribution < -0.4 is 4.74 Å². The van der Waals surface area contributed by atoms with E-state index in [4.69, 9.17) is 9.47 Å². The Kier molecular flexibility index (Phi) is 5.08. The zero-order valence-electron chi connectivity index (χ0n) is 12.0. The molecule has 2 rings (SSSR count). The molecule has 0 N–H and O–H groups in total. The predicted octanol–water partition coefficient (Wildman–Crippen LogP) is 3.03. The Morgan fingerprint density at radius 1 is 1.09 bits per heavy atom. The maximum absolute atomic E-state index is 11.6. The molecule has 2 aromatic carbocycles. The van der Waals surface area contributed by atoms with Crippen LogP contribution in [0.5, 0.6) is 5.75 Å². The van der Waals surface area contributed by atoms with Crippen molar-refractivity contribution in [1.29, 1.82) is 0 Å². The lowest BCUT2D eigenvalue weighted by atomic mass is 10.2. The highest BCUT2D eigenvalue weighted by Crippen LogP contribution is 2.17. The van der Waals surface area contributed by atoms with Gasteiger partial charge in [0.25, 0.3) is 5.69 Å². The molecule has 6 nitrogen and oxygen atoms in total. The number of hydrogen-bond donors (Lipinski definition) is 0. The second kappa shape index (κ2) is 7.21. The van der Waals surface area contributed by atoms with Crippen molar-refractivity contribution in [3.05, 3.63) is 69.8 Å². The summed E-state index contributed by atoms with van der Waals surface area (Å²) < 4.78 is 10.3. The van der Waals surface area contributed by atoms with Crippen molar-refractivity contribution in [2.24, 2.45) is 0 Å². The first-order valence-corrected chi connectivity index (χ1v) is 6.63. The summed E-state index contributed by atoms with van der Waals surface area (Å²) >= 11 is 0. The number of carbonyl (C=O) groups excluding carboxylic acids is 1. The fourth-order valence-corrected chi connectivity index (χ4v) is 1.70. The topological polar surface area (TPSA) is 78.7 Å². The minimum atomic E-state index is -0.501. The molecule has 0 atom stereocenters. The van der Waals surface area contributed by atoms with E-state index in [9.17, 15) is 14.9 Å². The average Bonchev–Trinajstić information content (AvgIpc) is 2.52. The summed E-state index contributed by atoms with van der Waals surface area (Å²) in [6, 6.07) is 13.2. The van der Waals surface area contributed by atoms with Crippen molar-refractivity contribution in [2.75, 3.05) is 6.61 Å². The van der Waals surface area contributed by atoms with Gasteiger partial charge in [0, 0.05) is 12.1 Å². The Bertz CT molecular complexity index is 649. The molecule has 6 heteroatoms. The minimum Gasteiger partial charge on any atom is -0.482 e. The van der Waals surface area contributed by atoms with Crippen molar-refractivity contribution >= 4 is 11.7 Å². The molecule has 0 spiro atoms. The number of aryl methyl sites for hydroxylation is 1. The van der Waals surface area contributed by atoms with Crippen LogP contribution in [0.4, 0.5) is 5.69 Å². The quantitative estimate of drug-likeness (QED) is 0.465. The van der Waals surface area contributed by atoms with Crippen molar-refractivity contribution in [3.63, 3.8) is 0 Å². The summed E-state index contributed by atoms with van der Waals surface area (Å²) in [6.07, 6.45) is 0. The van der Waals surface area contributed by atoms with Gasteiger partial charge in [-0.3, -0.25) is 10.1 Å². The first-order valence-electron chi connectivity index (χ1n) is 6.63. The van der Waals surface area contributed by atoms with Gasteiger partial charge in [0.15, 0.2) is 6.61 Å². The molecule has 0 saturated carbocycles. The van der Waals surface area contributed by atoms with E-state index in [1.807, 2.05) is 31.2 Å².